The third-order valence-electron chi connectivity index (χ3n) is 4.63. The number of carbonyl (C=O) groups is 1. The maximum Gasteiger partial charge on any atom is 0.309 e. The zero-order valence-electron chi connectivity index (χ0n) is 10.2. The van der Waals surface area contributed by atoms with Gasteiger partial charge in [-0.25, -0.2) is 8.78 Å². The predicted molar refractivity (Wildman–Crippen MR) is 60.0 cm³/mol. The van der Waals surface area contributed by atoms with Crippen molar-refractivity contribution in [2.24, 2.45) is 17.3 Å². The summed E-state index contributed by atoms with van der Waals surface area (Å²) in [5, 5.41) is 9.42. The van der Waals surface area contributed by atoms with Crippen LogP contribution in [0, 0.1) is 17.3 Å². The minimum atomic E-state index is -2.65. The van der Waals surface area contributed by atoms with E-state index in [1.54, 1.807) is 0 Å². The largest absolute Gasteiger partial charge is 0.481 e. The molecule has 2 aliphatic carbocycles. The summed E-state index contributed by atoms with van der Waals surface area (Å²) in [4.78, 5) is 11.5. The molecule has 1 unspecified atom stereocenters. The Morgan fingerprint density at radius 1 is 1.29 bits per heavy atom. The molecular formula is C13H20F2O2. The van der Waals surface area contributed by atoms with Gasteiger partial charge in [0.25, 0.3) is 0 Å². The first-order valence-electron chi connectivity index (χ1n) is 6.47. The standard InChI is InChI=1S/C13H20F2O2/c1-9(8-10-2-3-10)12(11(16)17)4-6-13(14,15)7-5-12/h9-10H,2-8H2,1H3,(H,16,17). The third-order valence-corrected chi connectivity index (χ3v) is 4.63. The van der Waals surface area contributed by atoms with Crippen LogP contribution in [0.4, 0.5) is 8.78 Å². The Morgan fingerprint density at radius 3 is 2.24 bits per heavy atom. The highest BCUT2D eigenvalue weighted by Crippen LogP contribution is 2.51. The van der Waals surface area contributed by atoms with Crippen LogP contribution in [0.2, 0.25) is 0 Å². The van der Waals surface area contributed by atoms with Crippen LogP contribution in [0.5, 0.6) is 0 Å². The molecule has 0 heterocycles. The lowest BCUT2D eigenvalue weighted by atomic mass is 9.64. The molecule has 2 saturated carbocycles. The number of carboxylic acid groups (broad SMARTS) is 1. The van der Waals surface area contributed by atoms with E-state index in [4.69, 9.17) is 0 Å². The summed E-state index contributed by atoms with van der Waals surface area (Å²) in [5.41, 5.74) is -0.899. The van der Waals surface area contributed by atoms with Crippen LogP contribution >= 0.6 is 0 Å². The summed E-state index contributed by atoms with van der Waals surface area (Å²) >= 11 is 0. The highest BCUT2D eigenvalue weighted by Gasteiger charge is 2.51. The van der Waals surface area contributed by atoms with Crippen LogP contribution in [-0.2, 0) is 4.79 Å². The van der Waals surface area contributed by atoms with Gasteiger partial charge in [0, 0.05) is 12.8 Å². The zero-order chi connectivity index (χ0) is 12.7. The van der Waals surface area contributed by atoms with Crippen molar-refractivity contribution >= 4 is 5.97 Å². The van der Waals surface area contributed by atoms with E-state index in [1.807, 2.05) is 6.92 Å². The third kappa shape index (κ3) is 2.61. The zero-order valence-corrected chi connectivity index (χ0v) is 10.2. The summed E-state index contributed by atoms with van der Waals surface area (Å²) in [6, 6.07) is 0. The highest BCUT2D eigenvalue weighted by atomic mass is 19.3. The van der Waals surface area contributed by atoms with Crippen LogP contribution in [0.3, 0.4) is 0 Å². The van der Waals surface area contributed by atoms with Gasteiger partial charge in [-0.2, -0.15) is 0 Å². The Hall–Kier alpha value is -0.670. The van der Waals surface area contributed by atoms with Crippen molar-refractivity contribution in [3.8, 4) is 0 Å². The van der Waals surface area contributed by atoms with E-state index in [9.17, 15) is 18.7 Å². The average Bonchev–Trinajstić information content (AvgIpc) is 3.01. The highest BCUT2D eigenvalue weighted by molar-refractivity contribution is 5.75. The molecule has 17 heavy (non-hydrogen) atoms. The number of hydrogen-bond acceptors (Lipinski definition) is 1. The van der Waals surface area contributed by atoms with E-state index >= 15 is 0 Å². The molecule has 0 bridgehead atoms. The fourth-order valence-corrected chi connectivity index (χ4v) is 3.06. The van der Waals surface area contributed by atoms with E-state index in [0.717, 1.165) is 6.42 Å². The van der Waals surface area contributed by atoms with Gasteiger partial charge in [-0.05, 0) is 31.1 Å². The molecule has 2 rings (SSSR count). The summed E-state index contributed by atoms with van der Waals surface area (Å²) in [7, 11) is 0. The summed E-state index contributed by atoms with van der Waals surface area (Å²) in [6.45, 7) is 1.93. The number of hydrogen-bond donors (Lipinski definition) is 1. The first-order valence-corrected chi connectivity index (χ1v) is 6.47. The summed E-state index contributed by atoms with van der Waals surface area (Å²) in [6.07, 6.45) is 2.96. The molecule has 0 aromatic heterocycles. The quantitative estimate of drug-likeness (QED) is 0.821. The minimum Gasteiger partial charge on any atom is -0.481 e. The second kappa shape index (κ2) is 4.21. The fourth-order valence-electron chi connectivity index (χ4n) is 3.06. The molecule has 0 spiro atoms. The Kier molecular flexibility index (Phi) is 3.17. The molecule has 0 radical (unpaired) electrons. The number of aliphatic carboxylic acids is 1. The average molecular weight is 246 g/mol. The molecule has 0 amide bonds. The van der Waals surface area contributed by atoms with Gasteiger partial charge in [0.15, 0.2) is 0 Å². The van der Waals surface area contributed by atoms with E-state index in [0.29, 0.717) is 5.92 Å². The molecule has 1 N–H and O–H groups in total. The molecule has 0 aromatic rings. The van der Waals surface area contributed by atoms with Crippen molar-refractivity contribution < 1.29 is 18.7 Å². The van der Waals surface area contributed by atoms with Gasteiger partial charge >= 0.3 is 5.97 Å². The fraction of sp³-hybridized carbons (Fsp3) is 0.923. The van der Waals surface area contributed by atoms with Gasteiger partial charge in [-0.15, -0.1) is 0 Å². The lowest BCUT2D eigenvalue weighted by molar-refractivity contribution is -0.162. The van der Waals surface area contributed by atoms with Gasteiger partial charge in [-0.3, -0.25) is 4.79 Å². The van der Waals surface area contributed by atoms with Crippen molar-refractivity contribution in [1.29, 1.82) is 0 Å². The maximum absolute atomic E-state index is 13.2. The van der Waals surface area contributed by atoms with Gasteiger partial charge in [0.05, 0.1) is 5.41 Å². The van der Waals surface area contributed by atoms with Crippen molar-refractivity contribution in [2.75, 3.05) is 0 Å². The molecule has 98 valence electrons. The molecule has 0 aliphatic heterocycles. The van der Waals surface area contributed by atoms with Crippen LogP contribution in [-0.4, -0.2) is 17.0 Å². The van der Waals surface area contributed by atoms with Crippen molar-refractivity contribution in [3.63, 3.8) is 0 Å². The molecule has 2 fully saturated rings. The molecule has 0 aromatic carbocycles. The van der Waals surface area contributed by atoms with Crippen LogP contribution < -0.4 is 0 Å². The van der Waals surface area contributed by atoms with Gasteiger partial charge in [-0.1, -0.05) is 19.8 Å². The normalized spacial score (nSPS) is 28.6. The second-order valence-corrected chi connectivity index (χ2v) is 5.90. The lowest BCUT2D eigenvalue weighted by Gasteiger charge is -2.41. The monoisotopic (exact) mass is 246 g/mol. The summed E-state index contributed by atoms with van der Waals surface area (Å²) < 4.78 is 26.3. The van der Waals surface area contributed by atoms with E-state index in [2.05, 4.69) is 0 Å². The van der Waals surface area contributed by atoms with Crippen molar-refractivity contribution in [1.82, 2.24) is 0 Å². The number of alkyl halides is 2. The Balaban J connectivity index is 2.07. The molecule has 0 saturated heterocycles. The van der Waals surface area contributed by atoms with Gasteiger partial charge in [0.2, 0.25) is 5.92 Å². The number of rotatable bonds is 4. The topological polar surface area (TPSA) is 37.3 Å². The summed E-state index contributed by atoms with van der Waals surface area (Å²) in [5.74, 6) is -2.87. The maximum atomic E-state index is 13.2. The molecular weight excluding hydrogens is 226 g/mol. The van der Waals surface area contributed by atoms with Crippen LogP contribution in [0.1, 0.15) is 51.9 Å². The minimum absolute atomic E-state index is 0.0172. The lowest BCUT2D eigenvalue weighted by Crippen LogP contribution is -2.43. The smallest absolute Gasteiger partial charge is 0.309 e. The first-order chi connectivity index (χ1) is 7.86. The van der Waals surface area contributed by atoms with Crippen molar-refractivity contribution in [2.45, 2.75) is 57.8 Å². The van der Waals surface area contributed by atoms with Gasteiger partial charge < -0.3 is 5.11 Å². The Morgan fingerprint density at radius 2 is 1.82 bits per heavy atom. The van der Waals surface area contributed by atoms with E-state index in [1.165, 1.54) is 12.8 Å². The Bertz CT molecular complexity index is 301. The Labute approximate surface area is 100 Å². The predicted octanol–water partition coefficient (Wildman–Crippen LogP) is 3.70. The van der Waals surface area contributed by atoms with Gasteiger partial charge in [0.1, 0.15) is 0 Å². The molecule has 1 atom stereocenters. The molecule has 4 heteroatoms. The molecule has 2 nitrogen and oxygen atoms in total. The SMILES string of the molecule is CC(CC1CC1)C1(C(=O)O)CCC(F)(F)CC1. The number of halogens is 2. The van der Waals surface area contributed by atoms with Crippen molar-refractivity contribution in [3.05, 3.63) is 0 Å². The van der Waals surface area contributed by atoms with E-state index in [-0.39, 0.29) is 31.6 Å². The van der Waals surface area contributed by atoms with Crippen LogP contribution in [0.15, 0.2) is 0 Å². The molecule has 2 aliphatic rings. The van der Waals surface area contributed by atoms with E-state index < -0.39 is 17.3 Å². The second-order valence-electron chi connectivity index (χ2n) is 5.90. The first kappa shape index (κ1) is 12.8. The van der Waals surface area contributed by atoms with Crippen LogP contribution in [0.25, 0.3) is 0 Å². The number of carboxylic acids is 1.